The number of carbonyl (C=O) groups excluding carboxylic acids is 1. The van der Waals surface area contributed by atoms with Crippen LogP contribution in [0.5, 0.6) is 0 Å². The van der Waals surface area contributed by atoms with Crippen LogP contribution in [-0.4, -0.2) is 40.2 Å². The van der Waals surface area contributed by atoms with Crippen LogP contribution in [0.2, 0.25) is 0 Å². The average molecular weight is 363 g/mol. The minimum Gasteiger partial charge on any atom is -0.444 e. The molecule has 8 heteroatoms. The summed E-state index contributed by atoms with van der Waals surface area (Å²) in [6.45, 7) is 0.363. The average Bonchev–Trinajstić information content (AvgIpc) is 2.60. The normalized spacial score (nSPS) is 11.3. The fraction of sp³-hybridized carbons (Fsp3) is 0.235. The molecule has 2 rings (SSSR count). The number of rotatable bonds is 7. The quantitative estimate of drug-likeness (QED) is 0.737. The van der Waals surface area contributed by atoms with Crippen molar-refractivity contribution in [2.75, 3.05) is 26.1 Å². The van der Waals surface area contributed by atoms with Gasteiger partial charge in [0.25, 0.3) is 0 Å². The Bertz CT molecular complexity index is 790. The van der Waals surface area contributed by atoms with E-state index >= 15 is 0 Å². The van der Waals surface area contributed by atoms with E-state index < -0.39 is 16.1 Å². The van der Waals surface area contributed by atoms with Crippen LogP contribution in [-0.2, 0) is 21.4 Å². The van der Waals surface area contributed by atoms with E-state index in [4.69, 9.17) is 4.74 Å². The lowest BCUT2D eigenvalue weighted by atomic mass is 10.2. The second-order valence-electron chi connectivity index (χ2n) is 5.60. The third kappa shape index (κ3) is 6.18. The zero-order valence-corrected chi connectivity index (χ0v) is 14.9. The number of benzene rings is 2. The lowest BCUT2D eigenvalue weighted by Crippen LogP contribution is -2.33. The van der Waals surface area contributed by atoms with Crippen LogP contribution in [0, 0.1) is 0 Å². The molecule has 0 aliphatic carbocycles. The van der Waals surface area contributed by atoms with Crippen molar-refractivity contribution in [1.29, 1.82) is 0 Å². The summed E-state index contributed by atoms with van der Waals surface area (Å²) < 4.78 is 31.7. The zero-order chi connectivity index (χ0) is 18.3. The van der Waals surface area contributed by atoms with Gasteiger partial charge in [-0.05, 0) is 43.9 Å². The fourth-order valence-electron chi connectivity index (χ4n) is 1.89. The molecule has 134 valence electrons. The number of carbonyl (C=O) groups is 1. The molecule has 0 bridgehead atoms. The number of ether oxygens (including phenoxy) is 1. The van der Waals surface area contributed by atoms with Gasteiger partial charge in [0.15, 0.2) is 0 Å². The Kier molecular flexibility index (Phi) is 6.51. The first-order chi connectivity index (χ1) is 11.9. The van der Waals surface area contributed by atoms with Crippen molar-refractivity contribution in [2.45, 2.75) is 11.5 Å². The Morgan fingerprint density at radius 1 is 1.04 bits per heavy atom. The minimum atomic E-state index is -3.58. The summed E-state index contributed by atoms with van der Waals surface area (Å²) in [7, 11) is -0.0614. The Hall–Kier alpha value is -2.42. The van der Waals surface area contributed by atoms with Gasteiger partial charge in [0.2, 0.25) is 10.0 Å². The number of hydrogen-bond donors (Lipinski definition) is 2. The maximum Gasteiger partial charge on any atom is 0.411 e. The van der Waals surface area contributed by atoms with Gasteiger partial charge in [-0.15, -0.1) is 0 Å². The highest BCUT2D eigenvalue weighted by Crippen LogP contribution is 2.14. The third-order valence-electron chi connectivity index (χ3n) is 3.19. The van der Waals surface area contributed by atoms with Crippen molar-refractivity contribution in [3.8, 4) is 0 Å². The van der Waals surface area contributed by atoms with Crippen molar-refractivity contribution >= 4 is 21.8 Å². The van der Waals surface area contributed by atoms with Gasteiger partial charge >= 0.3 is 6.09 Å². The number of amides is 1. The van der Waals surface area contributed by atoms with Crippen LogP contribution in [0.4, 0.5) is 10.5 Å². The predicted octanol–water partition coefficient (Wildman–Crippen LogP) is 2.23. The lowest BCUT2D eigenvalue weighted by Gasteiger charge is -2.12. The number of hydrogen-bond acceptors (Lipinski definition) is 5. The molecule has 0 aliphatic rings. The summed E-state index contributed by atoms with van der Waals surface area (Å²) >= 11 is 0. The van der Waals surface area contributed by atoms with Crippen LogP contribution in [0.1, 0.15) is 5.56 Å². The standard InChI is InChI=1S/C17H21N3O4S/c1-20(2)13-18-25(22,23)16-10-8-15(9-11-16)19-17(21)24-12-14-6-4-3-5-7-14/h3-11,18H,12-13H2,1-2H3,(H,19,21). The molecule has 0 aromatic heterocycles. The van der Waals surface area contributed by atoms with Gasteiger partial charge in [-0.2, -0.15) is 4.72 Å². The largest absolute Gasteiger partial charge is 0.444 e. The molecular formula is C17H21N3O4S. The predicted molar refractivity (Wildman–Crippen MR) is 95.6 cm³/mol. The van der Waals surface area contributed by atoms with Gasteiger partial charge in [-0.25, -0.2) is 13.2 Å². The highest BCUT2D eigenvalue weighted by Gasteiger charge is 2.14. The molecule has 0 fully saturated rings. The van der Waals surface area contributed by atoms with Crippen molar-refractivity contribution < 1.29 is 17.9 Å². The van der Waals surface area contributed by atoms with E-state index in [9.17, 15) is 13.2 Å². The molecule has 25 heavy (non-hydrogen) atoms. The molecule has 2 aromatic rings. The zero-order valence-electron chi connectivity index (χ0n) is 14.1. The van der Waals surface area contributed by atoms with E-state index in [0.29, 0.717) is 5.69 Å². The van der Waals surface area contributed by atoms with Crippen LogP contribution >= 0.6 is 0 Å². The number of sulfonamides is 1. The van der Waals surface area contributed by atoms with Crippen LogP contribution in [0.3, 0.4) is 0 Å². The van der Waals surface area contributed by atoms with E-state index in [-0.39, 0.29) is 18.2 Å². The number of nitrogens with one attached hydrogen (secondary N) is 2. The Morgan fingerprint density at radius 2 is 1.68 bits per heavy atom. The van der Waals surface area contributed by atoms with Crippen molar-refractivity contribution in [3.63, 3.8) is 0 Å². The monoisotopic (exact) mass is 363 g/mol. The van der Waals surface area contributed by atoms with E-state index in [1.165, 1.54) is 24.3 Å². The van der Waals surface area contributed by atoms with Crippen molar-refractivity contribution in [2.24, 2.45) is 0 Å². The summed E-state index contributed by atoms with van der Waals surface area (Å²) in [5.74, 6) is 0. The molecule has 7 nitrogen and oxygen atoms in total. The third-order valence-corrected chi connectivity index (χ3v) is 4.60. The first kappa shape index (κ1) is 18.9. The lowest BCUT2D eigenvalue weighted by molar-refractivity contribution is 0.155. The van der Waals surface area contributed by atoms with E-state index in [2.05, 4.69) is 10.0 Å². The maximum absolute atomic E-state index is 12.1. The van der Waals surface area contributed by atoms with E-state index in [1.54, 1.807) is 19.0 Å². The molecular weight excluding hydrogens is 342 g/mol. The first-order valence-corrected chi connectivity index (χ1v) is 9.07. The number of anilines is 1. The van der Waals surface area contributed by atoms with Gasteiger partial charge < -0.3 is 4.74 Å². The molecule has 0 atom stereocenters. The van der Waals surface area contributed by atoms with Gasteiger partial charge in [0, 0.05) is 5.69 Å². The van der Waals surface area contributed by atoms with Gasteiger partial charge in [-0.1, -0.05) is 30.3 Å². The molecule has 0 aliphatic heterocycles. The van der Waals surface area contributed by atoms with Crippen LogP contribution in [0.15, 0.2) is 59.5 Å². The van der Waals surface area contributed by atoms with Crippen molar-refractivity contribution in [1.82, 2.24) is 9.62 Å². The molecule has 0 saturated heterocycles. The minimum absolute atomic E-state index is 0.123. The van der Waals surface area contributed by atoms with Gasteiger partial charge in [-0.3, -0.25) is 10.2 Å². The van der Waals surface area contributed by atoms with Crippen molar-refractivity contribution in [3.05, 3.63) is 60.2 Å². The second-order valence-corrected chi connectivity index (χ2v) is 7.36. The first-order valence-electron chi connectivity index (χ1n) is 7.59. The molecule has 0 radical (unpaired) electrons. The smallest absolute Gasteiger partial charge is 0.411 e. The topological polar surface area (TPSA) is 87.7 Å². The van der Waals surface area contributed by atoms with E-state index in [0.717, 1.165) is 5.56 Å². The summed E-state index contributed by atoms with van der Waals surface area (Å²) in [5.41, 5.74) is 1.33. The fourth-order valence-corrected chi connectivity index (χ4v) is 2.98. The molecule has 0 heterocycles. The Morgan fingerprint density at radius 3 is 2.28 bits per heavy atom. The molecule has 2 N–H and O–H groups in total. The maximum atomic E-state index is 12.1. The van der Waals surface area contributed by atoms with Gasteiger partial charge in [0.1, 0.15) is 6.61 Å². The number of nitrogens with zero attached hydrogens (tertiary/aromatic N) is 1. The molecule has 0 spiro atoms. The molecule has 2 aromatic carbocycles. The van der Waals surface area contributed by atoms with Gasteiger partial charge in [0.05, 0.1) is 11.6 Å². The molecule has 1 amide bonds. The van der Waals surface area contributed by atoms with Crippen LogP contribution < -0.4 is 10.0 Å². The van der Waals surface area contributed by atoms with E-state index in [1.807, 2.05) is 30.3 Å². The Labute approximate surface area is 147 Å². The Balaban J connectivity index is 1.90. The SMILES string of the molecule is CN(C)CNS(=O)(=O)c1ccc(NC(=O)OCc2ccccc2)cc1. The molecule has 0 saturated carbocycles. The second kappa shape index (κ2) is 8.61. The summed E-state index contributed by atoms with van der Waals surface area (Å²) in [4.78, 5) is 13.6. The summed E-state index contributed by atoms with van der Waals surface area (Å²) in [6.07, 6.45) is -0.606. The molecule has 0 unspecified atom stereocenters. The summed E-state index contributed by atoms with van der Waals surface area (Å²) in [6, 6.07) is 15.2. The van der Waals surface area contributed by atoms with Crippen LogP contribution in [0.25, 0.3) is 0 Å². The highest BCUT2D eigenvalue weighted by molar-refractivity contribution is 7.89. The highest BCUT2D eigenvalue weighted by atomic mass is 32.2. The summed E-state index contributed by atoms with van der Waals surface area (Å²) in [5, 5.41) is 2.56.